The highest BCUT2D eigenvalue weighted by Crippen LogP contribution is 2.24. The second-order valence-corrected chi connectivity index (χ2v) is 8.56. The summed E-state index contributed by atoms with van der Waals surface area (Å²) in [6.07, 6.45) is -0.0339. The van der Waals surface area contributed by atoms with Crippen molar-refractivity contribution in [2.24, 2.45) is 0 Å². The minimum absolute atomic E-state index is 0.0170. The van der Waals surface area contributed by atoms with Gasteiger partial charge in [-0.3, -0.25) is 4.79 Å². The van der Waals surface area contributed by atoms with Gasteiger partial charge in [-0.15, -0.1) is 11.8 Å². The van der Waals surface area contributed by atoms with Crippen molar-refractivity contribution in [3.8, 4) is 0 Å². The van der Waals surface area contributed by atoms with E-state index in [1.165, 1.54) is 0 Å². The molecule has 1 amide bonds. The van der Waals surface area contributed by atoms with Gasteiger partial charge >= 0.3 is 5.97 Å². The molecule has 1 heterocycles. The Labute approximate surface area is 180 Å². The summed E-state index contributed by atoms with van der Waals surface area (Å²) in [4.78, 5) is 27.4. The fourth-order valence-corrected chi connectivity index (χ4v) is 4.10. The van der Waals surface area contributed by atoms with Crippen LogP contribution in [0.4, 0.5) is 0 Å². The van der Waals surface area contributed by atoms with E-state index in [0.29, 0.717) is 23.7 Å². The van der Waals surface area contributed by atoms with Crippen molar-refractivity contribution in [1.29, 1.82) is 0 Å². The quantitative estimate of drug-likeness (QED) is 0.498. The Balaban J connectivity index is 1.47. The first kappa shape index (κ1) is 21.7. The lowest BCUT2D eigenvalue weighted by Gasteiger charge is -2.35. The Hall–Kier alpha value is -2.02. The lowest BCUT2D eigenvalue weighted by atomic mass is 10.1. The van der Waals surface area contributed by atoms with Crippen molar-refractivity contribution < 1.29 is 19.1 Å². The molecule has 1 aliphatic rings. The maximum Gasteiger partial charge on any atom is 0.338 e. The van der Waals surface area contributed by atoms with Crippen LogP contribution in [0, 0.1) is 0 Å². The summed E-state index contributed by atoms with van der Waals surface area (Å²) in [5.74, 6) is 0.0870. The maximum atomic E-state index is 12.3. The highest BCUT2D eigenvalue weighted by Gasteiger charge is 2.26. The van der Waals surface area contributed by atoms with Crippen molar-refractivity contribution >= 4 is 35.2 Å². The van der Waals surface area contributed by atoms with Gasteiger partial charge in [0.1, 0.15) is 0 Å². The molecule has 2 aromatic carbocycles. The van der Waals surface area contributed by atoms with E-state index in [1.807, 2.05) is 50.2 Å². The molecule has 3 rings (SSSR count). The van der Waals surface area contributed by atoms with E-state index in [9.17, 15) is 9.59 Å². The average molecular weight is 434 g/mol. The van der Waals surface area contributed by atoms with Crippen molar-refractivity contribution in [2.75, 3.05) is 19.7 Å². The van der Waals surface area contributed by atoms with Gasteiger partial charge in [-0.1, -0.05) is 23.7 Å². The summed E-state index contributed by atoms with van der Waals surface area (Å²) in [7, 11) is 0. The third-order valence-electron chi connectivity index (χ3n) is 4.51. The van der Waals surface area contributed by atoms with Gasteiger partial charge in [-0.05, 0) is 55.8 Å². The first-order valence-corrected chi connectivity index (χ1v) is 10.8. The normalized spacial score (nSPS) is 19.1. The van der Waals surface area contributed by atoms with Crippen LogP contribution in [0.3, 0.4) is 0 Å². The van der Waals surface area contributed by atoms with Gasteiger partial charge in [-0.2, -0.15) is 0 Å². The predicted octanol–water partition coefficient (Wildman–Crippen LogP) is 4.42. The van der Waals surface area contributed by atoms with Crippen LogP contribution >= 0.6 is 23.4 Å². The standard InChI is InChI=1S/C22H24ClNO4S/c1-15-11-24(12-16(2)28-15)21(25)13-27-22(26)18-5-3-17(4-6-18)14-29-20-9-7-19(23)8-10-20/h3-10,15-16H,11-14H2,1-2H3. The molecule has 5 nitrogen and oxygen atoms in total. The molecular formula is C22H24ClNO4S. The van der Waals surface area contributed by atoms with Crippen molar-refractivity contribution in [1.82, 2.24) is 4.90 Å². The molecule has 0 aliphatic carbocycles. The summed E-state index contributed by atoms with van der Waals surface area (Å²) >= 11 is 7.59. The predicted molar refractivity (Wildman–Crippen MR) is 114 cm³/mol. The van der Waals surface area contributed by atoms with Crippen LogP contribution < -0.4 is 0 Å². The minimum atomic E-state index is -0.496. The zero-order chi connectivity index (χ0) is 20.8. The third-order valence-corrected chi connectivity index (χ3v) is 5.84. The molecule has 0 bridgehead atoms. The molecule has 0 saturated carbocycles. The molecule has 0 N–H and O–H groups in total. The first-order chi connectivity index (χ1) is 13.9. The van der Waals surface area contributed by atoms with Crippen LogP contribution in [-0.2, 0) is 20.0 Å². The van der Waals surface area contributed by atoms with E-state index in [1.54, 1.807) is 28.8 Å². The maximum absolute atomic E-state index is 12.3. The van der Waals surface area contributed by atoms with Crippen molar-refractivity contribution in [3.05, 3.63) is 64.7 Å². The van der Waals surface area contributed by atoms with Crippen molar-refractivity contribution in [2.45, 2.75) is 36.7 Å². The molecule has 2 unspecified atom stereocenters. The number of hydrogen-bond acceptors (Lipinski definition) is 5. The fourth-order valence-electron chi connectivity index (χ4n) is 3.12. The lowest BCUT2D eigenvalue weighted by molar-refractivity contribution is -0.146. The molecule has 154 valence electrons. The first-order valence-electron chi connectivity index (χ1n) is 9.48. The largest absolute Gasteiger partial charge is 0.452 e. The molecule has 2 atom stereocenters. The number of esters is 1. The van der Waals surface area contributed by atoms with E-state index >= 15 is 0 Å². The zero-order valence-electron chi connectivity index (χ0n) is 16.5. The van der Waals surface area contributed by atoms with Crippen LogP contribution in [0.2, 0.25) is 5.02 Å². The SMILES string of the molecule is CC1CN(C(=O)COC(=O)c2ccc(CSc3ccc(Cl)cc3)cc2)CC(C)O1. The number of morpholine rings is 1. The van der Waals surface area contributed by atoms with Gasteiger partial charge < -0.3 is 14.4 Å². The van der Waals surface area contributed by atoms with Gasteiger partial charge in [-0.25, -0.2) is 4.79 Å². The molecule has 0 radical (unpaired) electrons. The number of nitrogens with zero attached hydrogens (tertiary/aromatic N) is 1. The number of hydrogen-bond donors (Lipinski definition) is 0. The second-order valence-electron chi connectivity index (χ2n) is 7.07. The number of thioether (sulfide) groups is 1. The van der Waals surface area contributed by atoms with Crippen LogP contribution in [0.25, 0.3) is 0 Å². The van der Waals surface area contributed by atoms with Gasteiger partial charge in [0.25, 0.3) is 5.91 Å². The molecular weight excluding hydrogens is 410 g/mol. The second kappa shape index (κ2) is 10.1. The highest BCUT2D eigenvalue weighted by atomic mass is 35.5. The number of rotatable bonds is 6. The number of carbonyl (C=O) groups is 2. The number of halogens is 1. The van der Waals surface area contributed by atoms with Crippen molar-refractivity contribution in [3.63, 3.8) is 0 Å². The van der Waals surface area contributed by atoms with Gasteiger partial charge in [0.05, 0.1) is 17.8 Å². The van der Waals surface area contributed by atoms with Gasteiger partial charge in [0, 0.05) is 28.8 Å². The average Bonchev–Trinajstić information content (AvgIpc) is 2.71. The molecule has 2 aromatic rings. The van der Waals surface area contributed by atoms with Crippen LogP contribution in [0.1, 0.15) is 29.8 Å². The van der Waals surface area contributed by atoms with Crippen LogP contribution in [0.5, 0.6) is 0 Å². The summed E-state index contributed by atoms with van der Waals surface area (Å²) in [5, 5.41) is 0.716. The topological polar surface area (TPSA) is 55.8 Å². The van der Waals surface area contributed by atoms with E-state index < -0.39 is 5.97 Å². The minimum Gasteiger partial charge on any atom is -0.452 e. The number of ether oxygens (including phenoxy) is 2. The Morgan fingerprint density at radius 2 is 1.69 bits per heavy atom. The third kappa shape index (κ3) is 6.49. The zero-order valence-corrected chi connectivity index (χ0v) is 18.0. The van der Waals surface area contributed by atoms with E-state index in [4.69, 9.17) is 21.1 Å². The molecule has 0 spiro atoms. The summed E-state index contributed by atoms with van der Waals surface area (Å²) < 4.78 is 10.8. The molecule has 1 aliphatic heterocycles. The molecule has 7 heteroatoms. The molecule has 1 saturated heterocycles. The van der Waals surface area contributed by atoms with Gasteiger partial charge in [0.2, 0.25) is 0 Å². The number of carbonyl (C=O) groups excluding carboxylic acids is 2. The summed E-state index contributed by atoms with van der Waals surface area (Å²) in [5.41, 5.74) is 1.52. The van der Waals surface area contributed by atoms with E-state index in [2.05, 4.69) is 0 Å². The van der Waals surface area contributed by atoms with Crippen LogP contribution in [0.15, 0.2) is 53.4 Å². The Bertz CT molecular complexity index is 831. The smallest absolute Gasteiger partial charge is 0.338 e. The summed E-state index contributed by atoms with van der Waals surface area (Å²) in [6, 6.07) is 14.9. The molecule has 1 fully saturated rings. The number of benzene rings is 2. The summed E-state index contributed by atoms with van der Waals surface area (Å²) in [6.45, 7) is 4.62. The monoisotopic (exact) mass is 433 g/mol. The van der Waals surface area contributed by atoms with E-state index in [0.717, 1.165) is 16.2 Å². The molecule has 0 aromatic heterocycles. The van der Waals surface area contributed by atoms with E-state index in [-0.39, 0.29) is 24.7 Å². The Morgan fingerprint density at radius 1 is 1.07 bits per heavy atom. The lowest BCUT2D eigenvalue weighted by Crippen LogP contribution is -2.49. The Kier molecular flexibility index (Phi) is 7.58. The number of amides is 1. The van der Waals surface area contributed by atoms with Gasteiger partial charge in [0.15, 0.2) is 6.61 Å². The van der Waals surface area contributed by atoms with Crippen LogP contribution in [-0.4, -0.2) is 48.7 Å². The molecule has 29 heavy (non-hydrogen) atoms. The fraction of sp³-hybridized carbons (Fsp3) is 0.364. The Morgan fingerprint density at radius 3 is 2.31 bits per heavy atom. The highest BCUT2D eigenvalue weighted by molar-refractivity contribution is 7.98.